The lowest BCUT2D eigenvalue weighted by Crippen LogP contribution is -2.30. The summed E-state index contributed by atoms with van der Waals surface area (Å²) in [6.07, 6.45) is 0. The zero-order valence-corrected chi connectivity index (χ0v) is 13.3. The Morgan fingerprint density at radius 1 is 1.00 bits per heavy atom. The van der Waals surface area contributed by atoms with Gasteiger partial charge in [-0.2, -0.15) is 0 Å². The highest BCUT2D eigenvalue weighted by molar-refractivity contribution is 6.00. The molecule has 110 valence electrons. The van der Waals surface area contributed by atoms with E-state index in [4.69, 9.17) is 0 Å². The highest BCUT2D eigenvalue weighted by Crippen LogP contribution is 2.18. The molecule has 0 saturated carbocycles. The second kappa shape index (κ2) is 6.57. The molecule has 0 aliphatic rings. The minimum Gasteiger partial charge on any atom is -0.364 e. The summed E-state index contributed by atoms with van der Waals surface area (Å²) in [5, 5.41) is 0. The maximum atomic E-state index is 12.6. The maximum absolute atomic E-state index is 12.6. The minimum atomic E-state index is 0.180. The van der Waals surface area contributed by atoms with E-state index in [2.05, 4.69) is 36.9 Å². The van der Waals surface area contributed by atoms with E-state index in [1.807, 2.05) is 38.1 Å². The molecule has 21 heavy (non-hydrogen) atoms. The van der Waals surface area contributed by atoms with Crippen LogP contribution in [-0.4, -0.2) is 18.9 Å². The molecule has 2 nitrogen and oxygen atoms in total. The molecule has 0 unspecified atom stereocenters. The van der Waals surface area contributed by atoms with Crippen LogP contribution in [0, 0.1) is 20.8 Å². The van der Waals surface area contributed by atoms with Crippen molar-refractivity contribution in [2.24, 2.45) is 0 Å². The van der Waals surface area contributed by atoms with E-state index in [1.54, 1.807) is 0 Å². The Morgan fingerprint density at radius 2 is 1.71 bits per heavy atom. The number of ketones is 1. The van der Waals surface area contributed by atoms with Gasteiger partial charge in [-0.15, -0.1) is 0 Å². The van der Waals surface area contributed by atoms with E-state index >= 15 is 0 Å². The molecule has 0 bridgehead atoms. The van der Waals surface area contributed by atoms with E-state index in [0.29, 0.717) is 6.54 Å². The molecule has 0 heterocycles. The fourth-order valence-electron chi connectivity index (χ4n) is 2.51. The molecule has 0 N–H and O–H groups in total. The van der Waals surface area contributed by atoms with Gasteiger partial charge in [0.25, 0.3) is 0 Å². The Hall–Kier alpha value is -2.09. The van der Waals surface area contributed by atoms with Gasteiger partial charge in [0.15, 0.2) is 5.78 Å². The zero-order chi connectivity index (χ0) is 15.4. The summed E-state index contributed by atoms with van der Waals surface area (Å²) in [6, 6.07) is 14.4. The van der Waals surface area contributed by atoms with E-state index in [-0.39, 0.29) is 5.78 Å². The molecule has 0 aromatic heterocycles. The van der Waals surface area contributed by atoms with Gasteiger partial charge in [-0.1, -0.05) is 29.8 Å². The first-order chi connectivity index (χ1) is 10.0. The summed E-state index contributed by atoms with van der Waals surface area (Å²) in [5.74, 6) is 0.180. The lowest BCUT2D eigenvalue weighted by molar-refractivity contribution is 0.0998. The Bertz CT molecular complexity index is 646. The minimum absolute atomic E-state index is 0.180. The average Bonchev–Trinajstić information content (AvgIpc) is 2.47. The summed E-state index contributed by atoms with van der Waals surface area (Å²) in [4.78, 5) is 14.7. The van der Waals surface area contributed by atoms with Gasteiger partial charge in [0, 0.05) is 17.8 Å². The summed E-state index contributed by atoms with van der Waals surface area (Å²) < 4.78 is 0. The van der Waals surface area contributed by atoms with E-state index in [0.717, 1.165) is 28.9 Å². The lowest BCUT2D eigenvalue weighted by Gasteiger charge is -2.23. The van der Waals surface area contributed by atoms with E-state index in [1.165, 1.54) is 5.56 Å². The van der Waals surface area contributed by atoms with Crippen LogP contribution in [0.15, 0.2) is 42.5 Å². The summed E-state index contributed by atoms with van der Waals surface area (Å²) in [6.45, 7) is 9.41. The number of likely N-dealkylation sites (N-methyl/N-ethyl adjacent to an activating group) is 1. The van der Waals surface area contributed by atoms with Crippen molar-refractivity contribution in [3.05, 3.63) is 64.7 Å². The van der Waals surface area contributed by atoms with Gasteiger partial charge >= 0.3 is 0 Å². The molecular formula is C19H23NO. The van der Waals surface area contributed by atoms with Crippen LogP contribution in [0.4, 0.5) is 5.69 Å². The molecule has 0 aliphatic heterocycles. The van der Waals surface area contributed by atoms with Crippen molar-refractivity contribution in [1.29, 1.82) is 0 Å². The van der Waals surface area contributed by atoms with Gasteiger partial charge in [-0.3, -0.25) is 4.79 Å². The Balaban J connectivity index is 2.22. The third-order valence-corrected chi connectivity index (χ3v) is 3.78. The van der Waals surface area contributed by atoms with Crippen molar-refractivity contribution in [2.75, 3.05) is 18.0 Å². The number of benzene rings is 2. The molecule has 0 spiro atoms. The smallest absolute Gasteiger partial charge is 0.182 e. The molecule has 0 atom stereocenters. The monoisotopic (exact) mass is 281 g/mol. The van der Waals surface area contributed by atoms with Crippen LogP contribution in [0.1, 0.15) is 34.0 Å². The van der Waals surface area contributed by atoms with Crippen LogP contribution in [0.25, 0.3) is 0 Å². The molecule has 2 aromatic carbocycles. The number of Topliss-reactive ketones (excluding diaryl/α,β-unsaturated/α-hetero) is 1. The van der Waals surface area contributed by atoms with Crippen molar-refractivity contribution < 1.29 is 4.79 Å². The first-order valence-corrected chi connectivity index (χ1v) is 7.43. The SMILES string of the molecule is CCN(CC(=O)c1cc(C)ccc1C)c1cccc(C)c1. The number of rotatable bonds is 5. The fourth-order valence-corrected chi connectivity index (χ4v) is 2.51. The van der Waals surface area contributed by atoms with Gasteiger partial charge in [0.2, 0.25) is 0 Å². The molecule has 2 aromatic rings. The van der Waals surface area contributed by atoms with Crippen LogP contribution in [0.3, 0.4) is 0 Å². The second-order valence-corrected chi connectivity index (χ2v) is 5.59. The average molecular weight is 281 g/mol. The molecule has 2 rings (SSSR count). The Morgan fingerprint density at radius 3 is 2.38 bits per heavy atom. The summed E-state index contributed by atoms with van der Waals surface area (Å²) in [7, 11) is 0. The van der Waals surface area contributed by atoms with E-state index in [9.17, 15) is 4.79 Å². The van der Waals surface area contributed by atoms with Crippen LogP contribution in [0.5, 0.6) is 0 Å². The van der Waals surface area contributed by atoms with Crippen molar-refractivity contribution in [3.63, 3.8) is 0 Å². The third-order valence-electron chi connectivity index (χ3n) is 3.78. The molecular weight excluding hydrogens is 258 g/mol. The van der Waals surface area contributed by atoms with Gasteiger partial charge in [-0.05, 0) is 57.0 Å². The van der Waals surface area contributed by atoms with Crippen molar-refractivity contribution in [3.8, 4) is 0 Å². The molecule has 0 amide bonds. The second-order valence-electron chi connectivity index (χ2n) is 5.59. The normalized spacial score (nSPS) is 10.5. The first-order valence-electron chi connectivity index (χ1n) is 7.43. The quantitative estimate of drug-likeness (QED) is 0.761. The van der Waals surface area contributed by atoms with Crippen molar-refractivity contribution in [1.82, 2.24) is 0 Å². The van der Waals surface area contributed by atoms with Gasteiger partial charge in [0.1, 0.15) is 0 Å². The predicted molar refractivity (Wildman–Crippen MR) is 89.3 cm³/mol. The Labute approximate surface area is 127 Å². The number of carbonyl (C=O) groups excluding carboxylic acids is 1. The van der Waals surface area contributed by atoms with Crippen LogP contribution in [0.2, 0.25) is 0 Å². The highest BCUT2D eigenvalue weighted by Gasteiger charge is 2.14. The number of hydrogen-bond acceptors (Lipinski definition) is 2. The van der Waals surface area contributed by atoms with Crippen LogP contribution in [-0.2, 0) is 0 Å². The maximum Gasteiger partial charge on any atom is 0.182 e. The summed E-state index contributed by atoms with van der Waals surface area (Å²) >= 11 is 0. The lowest BCUT2D eigenvalue weighted by atomic mass is 10.0. The summed E-state index contributed by atoms with van der Waals surface area (Å²) in [5.41, 5.74) is 5.33. The standard InChI is InChI=1S/C19H23NO/c1-5-20(17-8-6-7-14(2)11-17)13-19(21)18-12-15(3)9-10-16(18)4/h6-12H,5,13H2,1-4H3. The molecule has 0 radical (unpaired) electrons. The number of anilines is 1. The molecule has 0 fully saturated rings. The largest absolute Gasteiger partial charge is 0.364 e. The molecule has 0 saturated heterocycles. The van der Waals surface area contributed by atoms with Crippen LogP contribution >= 0.6 is 0 Å². The van der Waals surface area contributed by atoms with Crippen LogP contribution < -0.4 is 4.90 Å². The van der Waals surface area contributed by atoms with E-state index < -0.39 is 0 Å². The number of hydrogen-bond donors (Lipinski definition) is 0. The predicted octanol–water partition coefficient (Wildman–Crippen LogP) is 4.32. The van der Waals surface area contributed by atoms with Gasteiger partial charge in [-0.25, -0.2) is 0 Å². The topological polar surface area (TPSA) is 20.3 Å². The van der Waals surface area contributed by atoms with Crippen molar-refractivity contribution in [2.45, 2.75) is 27.7 Å². The first kappa shape index (κ1) is 15.3. The number of nitrogens with zero attached hydrogens (tertiary/aromatic N) is 1. The number of carbonyl (C=O) groups is 1. The fraction of sp³-hybridized carbons (Fsp3) is 0.316. The van der Waals surface area contributed by atoms with Crippen molar-refractivity contribution >= 4 is 11.5 Å². The van der Waals surface area contributed by atoms with Gasteiger partial charge in [0.05, 0.1) is 6.54 Å². The zero-order valence-electron chi connectivity index (χ0n) is 13.3. The number of aryl methyl sites for hydroxylation is 3. The van der Waals surface area contributed by atoms with Gasteiger partial charge < -0.3 is 4.90 Å². The highest BCUT2D eigenvalue weighted by atomic mass is 16.1. The molecule has 2 heteroatoms. The molecule has 0 aliphatic carbocycles. The third kappa shape index (κ3) is 3.72. The Kier molecular flexibility index (Phi) is 4.79.